The van der Waals surface area contributed by atoms with Crippen LogP contribution in [-0.4, -0.2) is 55.6 Å². The van der Waals surface area contributed by atoms with Crippen molar-refractivity contribution in [3.05, 3.63) is 32.6 Å². The van der Waals surface area contributed by atoms with Crippen LogP contribution in [0.4, 0.5) is 0 Å². The molecule has 5 atom stereocenters. The predicted octanol–water partition coefficient (Wildman–Crippen LogP) is 4.69. The van der Waals surface area contributed by atoms with Crippen molar-refractivity contribution in [2.24, 2.45) is 0 Å². The van der Waals surface area contributed by atoms with E-state index in [1.807, 2.05) is 6.92 Å². The third kappa shape index (κ3) is 8.59. The van der Waals surface area contributed by atoms with E-state index in [0.29, 0.717) is 18.0 Å². The molecule has 2 heterocycles. The second-order valence-corrected chi connectivity index (χ2v) is 18.5. The topological polar surface area (TPSA) is 104 Å². The lowest BCUT2D eigenvalue weighted by molar-refractivity contribution is -0.0113. The number of rotatable bonds is 12. The molecule has 1 aromatic heterocycles. The zero-order valence-corrected chi connectivity index (χ0v) is 25.0. The van der Waals surface area contributed by atoms with E-state index >= 15 is 0 Å². The van der Waals surface area contributed by atoms with Gasteiger partial charge in [-0.2, -0.15) is 0 Å². The van der Waals surface area contributed by atoms with E-state index in [1.165, 1.54) is 4.57 Å². The molecule has 4 unspecified atom stereocenters. The van der Waals surface area contributed by atoms with Gasteiger partial charge in [0, 0.05) is 31.3 Å². The molecular weight excluding hydrogens is 485 g/mol. The second kappa shape index (κ2) is 12.6. The van der Waals surface area contributed by atoms with Gasteiger partial charge in [0.15, 0.2) is 0 Å². The smallest absolute Gasteiger partial charge is 0.333 e. The summed E-state index contributed by atoms with van der Waals surface area (Å²) in [6, 6.07) is 1.29. The van der Waals surface area contributed by atoms with Gasteiger partial charge in [-0.1, -0.05) is 47.7 Å². The van der Waals surface area contributed by atoms with Crippen LogP contribution >= 0.6 is 8.60 Å². The standard InChI is InChI=1S/C24H46N3O6PSi/c1-16(2)25-12-11-18(4)32-34(30-8)33-19-13-21(27-14-17(3)22(28)26-23(27)29)31-20(19)15-35(9,10)24(5,6)7/h14,16,18-21,25H,11-13,15H2,1-10H3,(H,26,28,29)/t18-,19?,20?,21?,34?/m1/s1. The van der Waals surface area contributed by atoms with E-state index in [4.69, 9.17) is 18.3 Å². The minimum atomic E-state index is -1.73. The van der Waals surface area contributed by atoms with Crippen LogP contribution in [0.3, 0.4) is 0 Å². The fourth-order valence-electron chi connectivity index (χ4n) is 3.77. The predicted molar refractivity (Wildman–Crippen MR) is 144 cm³/mol. The normalized spacial score (nSPS) is 23.1. The van der Waals surface area contributed by atoms with Crippen molar-refractivity contribution >= 4 is 16.7 Å². The zero-order chi connectivity index (χ0) is 26.6. The molecule has 1 aromatic rings. The maximum Gasteiger partial charge on any atom is 0.333 e. The van der Waals surface area contributed by atoms with Crippen molar-refractivity contribution in [3.8, 4) is 0 Å². The third-order valence-corrected chi connectivity index (χ3v) is 13.9. The van der Waals surface area contributed by atoms with Crippen LogP contribution in [0.25, 0.3) is 0 Å². The minimum absolute atomic E-state index is 0.0336. The largest absolute Gasteiger partial charge is 0.352 e. The molecule has 202 valence electrons. The Morgan fingerprint density at radius 1 is 1.29 bits per heavy atom. The van der Waals surface area contributed by atoms with Crippen molar-refractivity contribution in [2.45, 2.75) is 116 Å². The molecule has 0 bridgehead atoms. The van der Waals surface area contributed by atoms with Crippen LogP contribution in [0.15, 0.2) is 15.8 Å². The quantitative estimate of drug-likeness (QED) is 0.298. The third-order valence-electron chi connectivity index (χ3n) is 7.12. The highest BCUT2D eigenvalue weighted by atomic mass is 31.2. The Kier molecular flexibility index (Phi) is 10.9. The van der Waals surface area contributed by atoms with Gasteiger partial charge in [0.25, 0.3) is 5.56 Å². The van der Waals surface area contributed by atoms with Gasteiger partial charge in [0.1, 0.15) is 6.23 Å². The summed E-state index contributed by atoms with van der Waals surface area (Å²) in [5.74, 6) is 0. The Morgan fingerprint density at radius 3 is 2.51 bits per heavy atom. The Hall–Kier alpha value is -0.873. The fourth-order valence-corrected chi connectivity index (χ4v) is 6.81. The molecule has 0 spiro atoms. The molecule has 2 N–H and O–H groups in total. The van der Waals surface area contributed by atoms with E-state index in [-0.39, 0.29) is 28.9 Å². The van der Waals surface area contributed by atoms with Gasteiger partial charge < -0.3 is 23.6 Å². The second-order valence-electron chi connectivity index (χ2n) is 11.5. The first-order valence-corrected chi connectivity index (χ1v) is 16.8. The molecule has 1 fully saturated rings. The number of hydrogen-bond acceptors (Lipinski definition) is 7. The molecule has 11 heteroatoms. The molecule has 0 aromatic carbocycles. The molecule has 0 amide bonds. The first-order chi connectivity index (χ1) is 16.1. The number of hydrogen-bond donors (Lipinski definition) is 2. The summed E-state index contributed by atoms with van der Waals surface area (Å²) >= 11 is 0. The van der Waals surface area contributed by atoms with E-state index < -0.39 is 28.6 Å². The molecule has 1 aliphatic rings. The maximum atomic E-state index is 12.6. The molecule has 9 nitrogen and oxygen atoms in total. The summed E-state index contributed by atoms with van der Waals surface area (Å²) < 4.78 is 26.0. The van der Waals surface area contributed by atoms with Gasteiger partial charge in [0.2, 0.25) is 0 Å². The Bertz CT molecular complexity index is 929. The summed E-state index contributed by atoms with van der Waals surface area (Å²) in [4.78, 5) is 26.8. The number of aromatic nitrogens is 2. The minimum Gasteiger partial charge on any atom is -0.352 e. The zero-order valence-electron chi connectivity index (χ0n) is 23.1. The van der Waals surface area contributed by atoms with Gasteiger partial charge in [-0.3, -0.25) is 14.3 Å². The monoisotopic (exact) mass is 531 g/mol. The van der Waals surface area contributed by atoms with Crippen LogP contribution < -0.4 is 16.6 Å². The van der Waals surface area contributed by atoms with Crippen molar-refractivity contribution in [1.82, 2.24) is 14.9 Å². The highest BCUT2D eigenvalue weighted by Gasteiger charge is 2.46. The first kappa shape index (κ1) is 30.4. The van der Waals surface area contributed by atoms with Crippen LogP contribution in [0.2, 0.25) is 24.2 Å². The first-order valence-electron chi connectivity index (χ1n) is 12.5. The molecule has 0 radical (unpaired) electrons. The molecule has 0 aliphatic carbocycles. The lowest BCUT2D eigenvalue weighted by atomic mass is 10.2. The number of nitrogens with one attached hydrogen (secondary N) is 2. The molecular formula is C24H46N3O6PSi. The summed E-state index contributed by atoms with van der Waals surface area (Å²) in [7, 11) is -1.72. The molecule has 35 heavy (non-hydrogen) atoms. The summed E-state index contributed by atoms with van der Waals surface area (Å²) in [5.41, 5.74) is -0.397. The highest BCUT2D eigenvalue weighted by Crippen LogP contribution is 2.49. The molecule has 2 rings (SSSR count). The summed E-state index contributed by atoms with van der Waals surface area (Å²) in [5, 5.41) is 3.57. The van der Waals surface area contributed by atoms with E-state index in [0.717, 1.165) is 19.0 Å². The van der Waals surface area contributed by atoms with Crippen LogP contribution in [0.1, 0.15) is 66.2 Å². The number of nitrogens with zero attached hydrogens (tertiary/aromatic N) is 1. The van der Waals surface area contributed by atoms with Gasteiger partial charge in [-0.15, -0.1) is 0 Å². The number of ether oxygens (including phenoxy) is 1. The molecule has 1 saturated heterocycles. The number of aryl methyl sites for hydroxylation is 1. The van der Waals surface area contributed by atoms with Crippen LogP contribution in [-0.2, 0) is 18.3 Å². The fraction of sp³-hybridized carbons (Fsp3) is 0.833. The average Bonchev–Trinajstić information content (AvgIpc) is 3.10. The van der Waals surface area contributed by atoms with E-state index in [9.17, 15) is 9.59 Å². The van der Waals surface area contributed by atoms with Crippen molar-refractivity contribution in [3.63, 3.8) is 0 Å². The van der Waals surface area contributed by atoms with Gasteiger partial charge >= 0.3 is 14.3 Å². The Morgan fingerprint density at radius 2 is 1.94 bits per heavy atom. The SMILES string of the molecule is COP(OC1CC(n2cc(C)c(=O)[nH]c2=O)OC1C[Si](C)(C)C(C)(C)C)O[C@H](C)CCNC(C)C. The van der Waals surface area contributed by atoms with Crippen molar-refractivity contribution in [2.75, 3.05) is 13.7 Å². The number of aromatic amines is 1. The molecule has 0 saturated carbocycles. The van der Waals surface area contributed by atoms with Gasteiger partial charge in [-0.25, -0.2) is 4.79 Å². The van der Waals surface area contributed by atoms with Gasteiger partial charge in [0.05, 0.1) is 26.4 Å². The summed E-state index contributed by atoms with van der Waals surface area (Å²) in [6.45, 7) is 20.3. The Balaban J connectivity index is 2.21. The van der Waals surface area contributed by atoms with E-state index in [2.05, 4.69) is 58.0 Å². The lowest BCUT2D eigenvalue weighted by Gasteiger charge is -2.39. The van der Waals surface area contributed by atoms with Crippen LogP contribution in [0.5, 0.6) is 0 Å². The van der Waals surface area contributed by atoms with Crippen molar-refractivity contribution in [1.29, 1.82) is 0 Å². The number of H-pyrrole nitrogens is 1. The van der Waals surface area contributed by atoms with Crippen LogP contribution in [0, 0.1) is 6.92 Å². The summed E-state index contributed by atoms with van der Waals surface area (Å²) in [6.07, 6.45) is 1.82. The molecule has 1 aliphatic heterocycles. The highest BCUT2D eigenvalue weighted by molar-refractivity contribution is 7.41. The maximum absolute atomic E-state index is 12.6. The lowest BCUT2D eigenvalue weighted by Crippen LogP contribution is -2.42. The average molecular weight is 532 g/mol. The van der Waals surface area contributed by atoms with Crippen molar-refractivity contribution < 1.29 is 18.3 Å². The van der Waals surface area contributed by atoms with Gasteiger partial charge in [-0.05, 0) is 37.9 Å². The van der Waals surface area contributed by atoms with E-state index in [1.54, 1.807) is 20.2 Å². The Labute approximate surface area is 212 Å².